The van der Waals surface area contributed by atoms with Crippen molar-refractivity contribution in [3.8, 4) is 0 Å². The first-order chi connectivity index (χ1) is 13.2. The molecule has 1 heterocycles. The van der Waals surface area contributed by atoms with E-state index in [-0.39, 0.29) is 5.41 Å². The molecule has 0 fully saturated rings. The van der Waals surface area contributed by atoms with E-state index in [2.05, 4.69) is 103 Å². The number of nitrogens with one attached hydrogen (secondary N) is 1. The molecular formula is C25H33N2+. The van der Waals surface area contributed by atoms with Crippen LogP contribution < -0.4 is 4.57 Å². The van der Waals surface area contributed by atoms with Crippen molar-refractivity contribution in [1.29, 1.82) is 0 Å². The summed E-state index contributed by atoms with van der Waals surface area (Å²) >= 11 is 0. The molecule has 0 aliphatic carbocycles. The molecule has 0 amide bonds. The van der Waals surface area contributed by atoms with Gasteiger partial charge in [-0.3, -0.25) is 0 Å². The van der Waals surface area contributed by atoms with Crippen LogP contribution in [-0.4, -0.2) is 4.98 Å². The van der Waals surface area contributed by atoms with Crippen molar-refractivity contribution >= 4 is 0 Å². The van der Waals surface area contributed by atoms with Crippen molar-refractivity contribution < 1.29 is 4.57 Å². The minimum absolute atomic E-state index is 0.0268. The molecule has 0 saturated carbocycles. The Kier molecular flexibility index (Phi) is 6.49. The lowest BCUT2D eigenvalue weighted by molar-refractivity contribution is -0.704. The van der Waals surface area contributed by atoms with Gasteiger partial charge >= 0.3 is 0 Å². The van der Waals surface area contributed by atoms with Gasteiger partial charge in [0.15, 0.2) is 0 Å². The van der Waals surface area contributed by atoms with Gasteiger partial charge < -0.3 is 0 Å². The summed E-state index contributed by atoms with van der Waals surface area (Å²) in [5.74, 6) is 1.80. The standard InChI is InChI=1S/C25H32N2/c1-4-12-23(24-26-17-19-27(24)18-5-2)25(3,22-15-10-7-11-16-22)20-21-13-8-6-9-14-21/h6-11,13-17,19,23H,4-5,12,18,20H2,1-3H3/p+1. The Bertz CT molecular complexity index is 807. The lowest BCUT2D eigenvalue weighted by Gasteiger charge is -2.36. The number of aromatic amines is 1. The van der Waals surface area contributed by atoms with Gasteiger partial charge in [-0.2, -0.15) is 0 Å². The lowest BCUT2D eigenvalue weighted by Crippen LogP contribution is -2.43. The predicted molar refractivity (Wildman–Crippen MR) is 113 cm³/mol. The summed E-state index contributed by atoms with van der Waals surface area (Å²) < 4.78 is 2.42. The van der Waals surface area contributed by atoms with Gasteiger partial charge in [-0.05, 0) is 30.4 Å². The van der Waals surface area contributed by atoms with Crippen molar-refractivity contribution in [1.82, 2.24) is 4.98 Å². The summed E-state index contributed by atoms with van der Waals surface area (Å²) in [4.78, 5) is 3.60. The molecule has 2 heteroatoms. The highest BCUT2D eigenvalue weighted by Gasteiger charge is 2.41. The second-order valence-electron chi connectivity index (χ2n) is 7.83. The molecular weight excluding hydrogens is 328 g/mol. The van der Waals surface area contributed by atoms with Crippen LogP contribution in [0.15, 0.2) is 73.1 Å². The quantitative estimate of drug-likeness (QED) is 0.465. The van der Waals surface area contributed by atoms with Crippen LogP contribution in [-0.2, 0) is 18.4 Å². The molecule has 2 aromatic carbocycles. The van der Waals surface area contributed by atoms with Crippen LogP contribution in [0.1, 0.15) is 62.9 Å². The molecule has 0 spiro atoms. The molecule has 2 atom stereocenters. The minimum atomic E-state index is 0.0268. The zero-order valence-electron chi connectivity index (χ0n) is 17.0. The van der Waals surface area contributed by atoms with Crippen molar-refractivity contribution in [2.24, 2.45) is 0 Å². The van der Waals surface area contributed by atoms with Crippen molar-refractivity contribution in [3.05, 3.63) is 90.0 Å². The summed E-state index contributed by atoms with van der Waals surface area (Å²) in [5, 5.41) is 0. The molecule has 0 aliphatic heterocycles. The van der Waals surface area contributed by atoms with E-state index >= 15 is 0 Å². The van der Waals surface area contributed by atoms with E-state index < -0.39 is 0 Å². The normalized spacial score (nSPS) is 14.6. The number of hydrogen-bond donors (Lipinski definition) is 1. The molecule has 2 nitrogen and oxygen atoms in total. The first-order valence-corrected chi connectivity index (χ1v) is 10.3. The molecule has 1 aromatic heterocycles. The third-order valence-electron chi connectivity index (χ3n) is 5.78. The van der Waals surface area contributed by atoms with E-state index in [1.54, 1.807) is 0 Å². The molecule has 1 N–H and O–H groups in total. The summed E-state index contributed by atoms with van der Waals surface area (Å²) in [7, 11) is 0. The number of benzene rings is 2. The first kappa shape index (κ1) is 19.4. The number of nitrogens with zero attached hydrogens (tertiary/aromatic N) is 1. The summed E-state index contributed by atoms with van der Waals surface area (Å²) in [6, 6.07) is 22.0. The second-order valence-corrected chi connectivity index (χ2v) is 7.83. The number of aromatic nitrogens is 2. The summed E-state index contributed by atoms with van der Waals surface area (Å²) in [6.07, 6.45) is 8.83. The van der Waals surface area contributed by atoms with Crippen molar-refractivity contribution in [3.63, 3.8) is 0 Å². The van der Waals surface area contributed by atoms with Crippen LogP contribution >= 0.6 is 0 Å². The summed E-state index contributed by atoms with van der Waals surface area (Å²) in [5.41, 5.74) is 2.85. The Morgan fingerprint density at radius 1 is 0.926 bits per heavy atom. The highest BCUT2D eigenvalue weighted by molar-refractivity contribution is 5.32. The van der Waals surface area contributed by atoms with Crippen LogP contribution in [0, 0.1) is 0 Å². The molecule has 0 bridgehead atoms. The molecule has 142 valence electrons. The zero-order chi connectivity index (χ0) is 19.1. The smallest absolute Gasteiger partial charge is 0.247 e. The van der Waals surface area contributed by atoms with E-state index in [4.69, 9.17) is 0 Å². The Labute approximate surface area is 164 Å². The van der Waals surface area contributed by atoms with E-state index in [1.165, 1.54) is 29.8 Å². The van der Waals surface area contributed by atoms with Gasteiger partial charge in [0.2, 0.25) is 0 Å². The number of hydrogen-bond acceptors (Lipinski definition) is 0. The molecule has 3 aromatic rings. The number of H-pyrrole nitrogens is 1. The van der Waals surface area contributed by atoms with Gasteiger partial charge in [0.05, 0.1) is 12.5 Å². The van der Waals surface area contributed by atoms with E-state index in [0.717, 1.165) is 19.4 Å². The molecule has 0 radical (unpaired) electrons. The Morgan fingerprint density at radius 2 is 1.59 bits per heavy atom. The largest absolute Gasteiger partial charge is 0.258 e. The Morgan fingerprint density at radius 3 is 2.22 bits per heavy atom. The van der Waals surface area contributed by atoms with Gasteiger partial charge in [-0.15, -0.1) is 0 Å². The first-order valence-electron chi connectivity index (χ1n) is 10.3. The predicted octanol–water partition coefficient (Wildman–Crippen LogP) is 5.80. The van der Waals surface area contributed by atoms with E-state index in [1.807, 2.05) is 0 Å². The van der Waals surface area contributed by atoms with Crippen LogP contribution in [0.25, 0.3) is 0 Å². The van der Waals surface area contributed by atoms with Gasteiger partial charge in [0, 0.05) is 5.41 Å². The fourth-order valence-electron chi connectivity index (χ4n) is 4.42. The van der Waals surface area contributed by atoms with E-state index in [9.17, 15) is 0 Å². The molecule has 2 unspecified atom stereocenters. The van der Waals surface area contributed by atoms with Gasteiger partial charge in [-0.1, -0.05) is 87.9 Å². The molecule has 27 heavy (non-hydrogen) atoms. The highest BCUT2D eigenvalue weighted by atomic mass is 15.1. The zero-order valence-corrected chi connectivity index (χ0v) is 17.0. The maximum absolute atomic E-state index is 3.60. The van der Waals surface area contributed by atoms with Crippen LogP contribution in [0.5, 0.6) is 0 Å². The molecule has 0 aliphatic rings. The fourth-order valence-corrected chi connectivity index (χ4v) is 4.42. The molecule has 3 rings (SSSR count). The second kappa shape index (κ2) is 9.03. The Balaban J connectivity index is 2.09. The Hall–Kier alpha value is -2.35. The van der Waals surface area contributed by atoms with Crippen LogP contribution in [0.3, 0.4) is 0 Å². The number of aryl methyl sites for hydroxylation is 1. The van der Waals surface area contributed by atoms with Crippen molar-refractivity contribution in [2.75, 3.05) is 0 Å². The minimum Gasteiger partial charge on any atom is -0.247 e. The maximum atomic E-state index is 3.60. The highest BCUT2D eigenvalue weighted by Crippen LogP contribution is 2.43. The maximum Gasteiger partial charge on any atom is 0.258 e. The molecule has 0 saturated heterocycles. The van der Waals surface area contributed by atoms with E-state index in [0.29, 0.717) is 5.92 Å². The average molecular weight is 362 g/mol. The third-order valence-corrected chi connectivity index (χ3v) is 5.78. The monoisotopic (exact) mass is 361 g/mol. The van der Waals surface area contributed by atoms with Crippen LogP contribution in [0.2, 0.25) is 0 Å². The summed E-state index contributed by atoms with van der Waals surface area (Å²) in [6.45, 7) is 8.06. The lowest BCUT2D eigenvalue weighted by atomic mass is 9.66. The third kappa shape index (κ3) is 4.32. The fraction of sp³-hybridized carbons (Fsp3) is 0.400. The van der Waals surface area contributed by atoms with Gasteiger partial charge in [0.1, 0.15) is 12.4 Å². The average Bonchev–Trinajstić information content (AvgIpc) is 3.15. The van der Waals surface area contributed by atoms with Gasteiger partial charge in [-0.25, -0.2) is 9.55 Å². The number of rotatable bonds is 9. The topological polar surface area (TPSA) is 19.7 Å². The van der Waals surface area contributed by atoms with Crippen LogP contribution in [0.4, 0.5) is 0 Å². The number of imidazole rings is 1. The SMILES string of the molecule is CCCC(c1[nH]cc[n+]1CCC)C(C)(Cc1ccccc1)c1ccccc1. The van der Waals surface area contributed by atoms with Crippen molar-refractivity contribution in [2.45, 2.75) is 64.3 Å². The van der Waals surface area contributed by atoms with Gasteiger partial charge in [0.25, 0.3) is 5.82 Å².